The molecular weight excluding hydrogens is 322 g/mol. The predicted octanol–water partition coefficient (Wildman–Crippen LogP) is 4.21. The lowest BCUT2D eigenvalue weighted by Gasteiger charge is -2.23. The molecule has 0 aliphatic rings. The third-order valence-corrected chi connectivity index (χ3v) is 4.71. The minimum Gasteiger partial charge on any atom is -0.345 e. The quantitative estimate of drug-likeness (QED) is 0.726. The molecule has 4 nitrogen and oxygen atoms in total. The van der Waals surface area contributed by atoms with Gasteiger partial charge in [0, 0.05) is 31.3 Å². The Morgan fingerprint density at radius 3 is 2.42 bits per heavy atom. The van der Waals surface area contributed by atoms with E-state index >= 15 is 0 Å². The Balaban J connectivity index is 1.81. The molecule has 0 aliphatic carbocycles. The molecule has 1 atom stereocenters. The zero-order chi connectivity index (χ0) is 18.5. The average Bonchev–Trinajstić information content (AvgIpc) is 3.05. The Kier molecular flexibility index (Phi) is 5.52. The molecule has 1 unspecified atom stereocenters. The van der Waals surface area contributed by atoms with Gasteiger partial charge in [-0.1, -0.05) is 54.6 Å². The van der Waals surface area contributed by atoms with Crippen LogP contribution >= 0.6 is 0 Å². The normalized spacial score (nSPS) is 12.0. The zero-order valence-electron chi connectivity index (χ0n) is 15.6. The maximum atomic E-state index is 12.9. The van der Waals surface area contributed by atoms with E-state index in [1.165, 1.54) is 11.1 Å². The number of carbonyl (C=O) groups excluding carboxylic acids is 1. The lowest BCUT2D eigenvalue weighted by Crippen LogP contribution is -2.28. The van der Waals surface area contributed by atoms with Gasteiger partial charge >= 0.3 is 0 Å². The highest BCUT2D eigenvalue weighted by Gasteiger charge is 2.22. The molecule has 134 valence electrons. The van der Waals surface area contributed by atoms with E-state index < -0.39 is 0 Å². The van der Waals surface area contributed by atoms with Crippen LogP contribution in [0.25, 0.3) is 0 Å². The summed E-state index contributed by atoms with van der Waals surface area (Å²) in [4.78, 5) is 22.1. The van der Waals surface area contributed by atoms with Crippen LogP contribution in [-0.2, 0) is 11.3 Å². The van der Waals surface area contributed by atoms with Gasteiger partial charge in [0.05, 0.1) is 6.54 Å². The second-order valence-electron chi connectivity index (χ2n) is 6.79. The van der Waals surface area contributed by atoms with Crippen LogP contribution in [0.3, 0.4) is 0 Å². The van der Waals surface area contributed by atoms with Crippen LogP contribution < -0.4 is 0 Å². The van der Waals surface area contributed by atoms with E-state index in [0.29, 0.717) is 13.0 Å². The fourth-order valence-electron chi connectivity index (χ4n) is 3.26. The van der Waals surface area contributed by atoms with Gasteiger partial charge in [0.1, 0.15) is 5.82 Å². The maximum Gasteiger partial charge on any atom is 0.223 e. The van der Waals surface area contributed by atoms with Crippen LogP contribution in [0.4, 0.5) is 0 Å². The number of amides is 1. The number of hydrogen-bond donors (Lipinski definition) is 1. The molecule has 2 aromatic carbocycles. The number of aryl methyl sites for hydroxylation is 2. The van der Waals surface area contributed by atoms with Crippen LogP contribution in [0.2, 0.25) is 0 Å². The number of imidazole rings is 1. The van der Waals surface area contributed by atoms with Gasteiger partial charge in [0.25, 0.3) is 0 Å². The van der Waals surface area contributed by atoms with E-state index in [0.717, 1.165) is 17.1 Å². The summed E-state index contributed by atoms with van der Waals surface area (Å²) < 4.78 is 0. The van der Waals surface area contributed by atoms with Gasteiger partial charge < -0.3 is 9.88 Å². The highest BCUT2D eigenvalue weighted by molar-refractivity contribution is 5.77. The van der Waals surface area contributed by atoms with Crippen molar-refractivity contribution in [2.75, 3.05) is 7.05 Å². The molecule has 0 saturated heterocycles. The summed E-state index contributed by atoms with van der Waals surface area (Å²) in [7, 11) is 1.83. The van der Waals surface area contributed by atoms with Crippen LogP contribution in [0, 0.1) is 13.8 Å². The zero-order valence-corrected chi connectivity index (χ0v) is 15.6. The number of rotatable bonds is 6. The smallest absolute Gasteiger partial charge is 0.223 e. The fourth-order valence-corrected chi connectivity index (χ4v) is 3.26. The first-order chi connectivity index (χ1) is 12.5. The fraction of sp³-hybridized carbons (Fsp3) is 0.273. The van der Waals surface area contributed by atoms with E-state index in [9.17, 15) is 4.79 Å². The van der Waals surface area contributed by atoms with Crippen molar-refractivity contribution in [2.45, 2.75) is 32.7 Å². The van der Waals surface area contributed by atoms with Gasteiger partial charge in [-0.3, -0.25) is 4.79 Å². The first kappa shape index (κ1) is 17.9. The third kappa shape index (κ3) is 4.20. The summed E-state index contributed by atoms with van der Waals surface area (Å²) >= 11 is 0. The molecule has 0 spiro atoms. The van der Waals surface area contributed by atoms with E-state index in [1.807, 2.05) is 44.3 Å². The molecule has 3 rings (SSSR count). The third-order valence-electron chi connectivity index (χ3n) is 4.71. The van der Waals surface area contributed by atoms with Gasteiger partial charge in [-0.25, -0.2) is 4.98 Å². The average molecular weight is 347 g/mol. The molecule has 0 aliphatic heterocycles. The predicted molar refractivity (Wildman–Crippen MR) is 104 cm³/mol. The van der Waals surface area contributed by atoms with Crippen molar-refractivity contribution >= 4 is 5.91 Å². The summed E-state index contributed by atoms with van der Waals surface area (Å²) in [5.74, 6) is 0.965. The van der Waals surface area contributed by atoms with Gasteiger partial charge in [0.15, 0.2) is 0 Å². The van der Waals surface area contributed by atoms with E-state index in [-0.39, 0.29) is 11.8 Å². The van der Waals surface area contributed by atoms with Crippen molar-refractivity contribution in [2.24, 2.45) is 0 Å². The van der Waals surface area contributed by atoms with Gasteiger partial charge in [-0.2, -0.15) is 0 Å². The molecule has 0 saturated carbocycles. The van der Waals surface area contributed by atoms with Crippen LogP contribution in [0.5, 0.6) is 0 Å². The molecular formula is C22H25N3O. The Hall–Kier alpha value is -2.88. The summed E-state index contributed by atoms with van der Waals surface area (Å²) in [6, 6.07) is 18.6. The number of nitrogens with zero attached hydrogens (tertiary/aromatic N) is 2. The Labute approximate surface area is 154 Å². The van der Waals surface area contributed by atoms with Gasteiger partial charge in [-0.15, -0.1) is 0 Å². The molecule has 0 fully saturated rings. The van der Waals surface area contributed by atoms with Crippen molar-refractivity contribution in [3.05, 3.63) is 89.0 Å². The topological polar surface area (TPSA) is 49.0 Å². The van der Waals surface area contributed by atoms with Gasteiger partial charge in [0.2, 0.25) is 5.91 Å². The number of nitrogens with one attached hydrogen (secondary N) is 1. The summed E-state index contributed by atoms with van der Waals surface area (Å²) in [6.07, 6.45) is 2.22. The number of carbonyl (C=O) groups is 1. The molecule has 1 N–H and O–H groups in total. The van der Waals surface area contributed by atoms with Gasteiger partial charge in [-0.05, 0) is 30.5 Å². The number of benzene rings is 2. The second kappa shape index (κ2) is 8.00. The lowest BCUT2D eigenvalue weighted by molar-refractivity contribution is -0.130. The SMILES string of the molecule is Cc1cnc(CN(C)C(=O)CC(c2ccccc2)c2ccccc2C)[nH]1. The Morgan fingerprint density at radius 1 is 1.08 bits per heavy atom. The lowest BCUT2D eigenvalue weighted by atomic mass is 9.86. The van der Waals surface area contributed by atoms with E-state index in [2.05, 4.69) is 41.2 Å². The van der Waals surface area contributed by atoms with E-state index in [1.54, 1.807) is 11.1 Å². The molecule has 1 heterocycles. The molecule has 1 aromatic heterocycles. The van der Waals surface area contributed by atoms with Crippen molar-refractivity contribution in [1.82, 2.24) is 14.9 Å². The first-order valence-electron chi connectivity index (χ1n) is 8.89. The summed E-state index contributed by atoms with van der Waals surface area (Å²) in [5, 5.41) is 0. The number of aromatic amines is 1. The van der Waals surface area contributed by atoms with Crippen LogP contribution in [0.1, 0.15) is 40.5 Å². The summed E-state index contributed by atoms with van der Waals surface area (Å²) in [5.41, 5.74) is 4.58. The molecule has 4 heteroatoms. The van der Waals surface area contributed by atoms with Crippen molar-refractivity contribution in [1.29, 1.82) is 0 Å². The van der Waals surface area contributed by atoms with Crippen molar-refractivity contribution in [3.8, 4) is 0 Å². The number of aromatic nitrogens is 2. The maximum absolute atomic E-state index is 12.9. The second-order valence-corrected chi connectivity index (χ2v) is 6.79. The first-order valence-corrected chi connectivity index (χ1v) is 8.89. The van der Waals surface area contributed by atoms with Crippen molar-refractivity contribution < 1.29 is 4.79 Å². The number of hydrogen-bond acceptors (Lipinski definition) is 2. The Bertz CT molecular complexity index is 870. The standard InChI is InChI=1S/C22H25N3O/c1-16-9-7-8-12-19(16)20(18-10-5-4-6-11-18)13-22(26)25(3)15-21-23-14-17(2)24-21/h4-12,14,20H,13,15H2,1-3H3,(H,23,24). The Morgan fingerprint density at radius 2 is 1.77 bits per heavy atom. The molecule has 0 radical (unpaired) electrons. The monoisotopic (exact) mass is 347 g/mol. The minimum absolute atomic E-state index is 0.0469. The van der Waals surface area contributed by atoms with Crippen LogP contribution in [0.15, 0.2) is 60.8 Å². The van der Waals surface area contributed by atoms with Crippen LogP contribution in [-0.4, -0.2) is 27.8 Å². The molecule has 3 aromatic rings. The molecule has 1 amide bonds. The number of H-pyrrole nitrogens is 1. The highest BCUT2D eigenvalue weighted by atomic mass is 16.2. The van der Waals surface area contributed by atoms with E-state index in [4.69, 9.17) is 0 Å². The van der Waals surface area contributed by atoms with Crippen molar-refractivity contribution in [3.63, 3.8) is 0 Å². The minimum atomic E-state index is 0.0469. The highest BCUT2D eigenvalue weighted by Crippen LogP contribution is 2.30. The molecule has 26 heavy (non-hydrogen) atoms. The largest absolute Gasteiger partial charge is 0.345 e. The summed E-state index contributed by atoms with van der Waals surface area (Å²) in [6.45, 7) is 4.55. The molecule has 0 bridgehead atoms.